The molecular formula is C16H20BrFN2S. The lowest BCUT2D eigenvalue weighted by Crippen LogP contribution is -2.13. The first-order valence-electron chi connectivity index (χ1n) is 7.30. The van der Waals surface area contributed by atoms with Gasteiger partial charge < -0.3 is 5.32 Å². The summed E-state index contributed by atoms with van der Waals surface area (Å²) < 4.78 is 13.8. The lowest BCUT2D eigenvalue weighted by atomic mass is 10.2. The van der Waals surface area contributed by atoms with Crippen LogP contribution in [-0.4, -0.2) is 11.5 Å². The molecule has 0 aliphatic rings. The predicted molar refractivity (Wildman–Crippen MR) is 91.2 cm³/mol. The third kappa shape index (κ3) is 4.34. The summed E-state index contributed by atoms with van der Waals surface area (Å²) in [6.45, 7) is 6.20. The number of rotatable bonds is 7. The van der Waals surface area contributed by atoms with E-state index in [1.807, 2.05) is 0 Å². The summed E-state index contributed by atoms with van der Waals surface area (Å²) in [4.78, 5) is 6.05. The number of halogens is 2. The molecule has 114 valence electrons. The molecule has 0 aliphatic heterocycles. The molecule has 1 heterocycles. The normalized spacial score (nSPS) is 11.0. The molecule has 2 rings (SSSR count). The van der Waals surface area contributed by atoms with E-state index in [2.05, 4.69) is 35.1 Å². The Morgan fingerprint density at radius 1 is 1.29 bits per heavy atom. The Balaban J connectivity index is 2.26. The number of nitrogens with one attached hydrogen (secondary N) is 1. The summed E-state index contributed by atoms with van der Waals surface area (Å²) in [6.07, 6.45) is 3.19. The van der Waals surface area contributed by atoms with Gasteiger partial charge in [-0.05, 0) is 53.5 Å². The van der Waals surface area contributed by atoms with E-state index >= 15 is 0 Å². The van der Waals surface area contributed by atoms with Crippen molar-refractivity contribution < 1.29 is 4.39 Å². The van der Waals surface area contributed by atoms with Crippen LogP contribution in [0.3, 0.4) is 0 Å². The van der Waals surface area contributed by atoms with Crippen LogP contribution in [0, 0.1) is 5.82 Å². The van der Waals surface area contributed by atoms with Crippen molar-refractivity contribution in [1.29, 1.82) is 0 Å². The molecule has 0 saturated heterocycles. The fourth-order valence-corrected chi connectivity index (χ4v) is 3.54. The highest BCUT2D eigenvalue weighted by Gasteiger charge is 2.13. The van der Waals surface area contributed by atoms with Gasteiger partial charge in [0.25, 0.3) is 0 Å². The first-order valence-corrected chi connectivity index (χ1v) is 8.91. The molecule has 0 fully saturated rings. The van der Waals surface area contributed by atoms with Crippen LogP contribution in [0.1, 0.15) is 37.3 Å². The third-order valence-electron chi connectivity index (χ3n) is 3.14. The Morgan fingerprint density at radius 2 is 2.10 bits per heavy atom. The van der Waals surface area contributed by atoms with Crippen molar-refractivity contribution in [2.45, 2.75) is 39.7 Å². The summed E-state index contributed by atoms with van der Waals surface area (Å²) >= 11 is 4.94. The summed E-state index contributed by atoms with van der Waals surface area (Å²) in [5.74, 6) is -0.242. The highest BCUT2D eigenvalue weighted by molar-refractivity contribution is 9.10. The van der Waals surface area contributed by atoms with Crippen molar-refractivity contribution in [3.05, 3.63) is 39.1 Å². The minimum atomic E-state index is -0.242. The van der Waals surface area contributed by atoms with Crippen LogP contribution >= 0.6 is 27.3 Å². The fraction of sp³-hybridized carbons (Fsp3) is 0.438. The number of benzene rings is 1. The van der Waals surface area contributed by atoms with E-state index in [-0.39, 0.29) is 5.82 Å². The maximum Gasteiger partial charge on any atom is 0.137 e. The maximum absolute atomic E-state index is 13.4. The van der Waals surface area contributed by atoms with E-state index in [0.717, 1.165) is 42.9 Å². The second kappa shape index (κ2) is 8.01. The molecule has 1 aromatic carbocycles. The van der Waals surface area contributed by atoms with Crippen molar-refractivity contribution >= 4 is 27.3 Å². The van der Waals surface area contributed by atoms with Gasteiger partial charge in [-0.3, -0.25) is 0 Å². The first-order chi connectivity index (χ1) is 10.2. The average Bonchev–Trinajstić information content (AvgIpc) is 2.86. The Labute approximate surface area is 137 Å². The molecule has 2 aromatic rings. The number of hydrogen-bond acceptors (Lipinski definition) is 3. The van der Waals surface area contributed by atoms with E-state index < -0.39 is 0 Å². The number of nitrogens with zero attached hydrogens (tertiary/aromatic N) is 1. The Bertz CT molecular complexity index is 598. The molecule has 1 N–H and O–H groups in total. The first kappa shape index (κ1) is 16.6. The molecule has 0 bridgehead atoms. The summed E-state index contributed by atoms with van der Waals surface area (Å²) in [5.41, 5.74) is 2.13. The highest BCUT2D eigenvalue weighted by atomic mass is 79.9. The molecule has 0 atom stereocenters. The molecule has 0 unspecified atom stereocenters. The average molecular weight is 371 g/mol. The van der Waals surface area contributed by atoms with E-state index in [1.165, 1.54) is 16.6 Å². The van der Waals surface area contributed by atoms with E-state index in [1.54, 1.807) is 23.5 Å². The van der Waals surface area contributed by atoms with E-state index in [9.17, 15) is 4.39 Å². The molecule has 0 saturated carbocycles. The second-order valence-corrected chi connectivity index (χ2v) is 6.88. The van der Waals surface area contributed by atoms with Crippen LogP contribution in [0.2, 0.25) is 0 Å². The van der Waals surface area contributed by atoms with Gasteiger partial charge >= 0.3 is 0 Å². The summed E-state index contributed by atoms with van der Waals surface area (Å²) in [7, 11) is 0. The third-order valence-corrected chi connectivity index (χ3v) is 4.90. The van der Waals surface area contributed by atoms with Crippen LogP contribution in [0.25, 0.3) is 10.6 Å². The van der Waals surface area contributed by atoms with Gasteiger partial charge in [-0.1, -0.05) is 20.3 Å². The quantitative estimate of drug-likeness (QED) is 0.680. The molecule has 0 radical (unpaired) electrons. The maximum atomic E-state index is 13.4. The Morgan fingerprint density at radius 3 is 2.76 bits per heavy atom. The minimum absolute atomic E-state index is 0.242. The topological polar surface area (TPSA) is 24.9 Å². The zero-order valence-corrected chi connectivity index (χ0v) is 14.8. The van der Waals surface area contributed by atoms with Crippen LogP contribution in [0.4, 0.5) is 4.39 Å². The van der Waals surface area contributed by atoms with Crippen molar-refractivity contribution in [2.24, 2.45) is 0 Å². The number of hydrogen-bond donors (Lipinski definition) is 1. The lowest BCUT2D eigenvalue weighted by Gasteiger charge is -2.02. The lowest BCUT2D eigenvalue weighted by molar-refractivity contribution is 0.621. The summed E-state index contributed by atoms with van der Waals surface area (Å²) in [6, 6.07) is 5.07. The molecule has 1 aromatic heterocycles. The molecule has 0 amide bonds. The largest absolute Gasteiger partial charge is 0.312 e. The highest BCUT2D eigenvalue weighted by Crippen LogP contribution is 2.31. The van der Waals surface area contributed by atoms with Crippen molar-refractivity contribution in [1.82, 2.24) is 10.3 Å². The predicted octanol–water partition coefficient (Wildman–Crippen LogP) is 5.16. The van der Waals surface area contributed by atoms with E-state index in [0.29, 0.717) is 4.47 Å². The Hall–Kier alpha value is -0.780. The molecule has 21 heavy (non-hydrogen) atoms. The molecule has 5 heteroatoms. The van der Waals surface area contributed by atoms with Gasteiger partial charge in [0, 0.05) is 17.0 Å². The van der Waals surface area contributed by atoms with Gasteiger partial charge in [0.1, 0.15) is 10.8 Å². The van der Waals surface area contributed by atoms with Gasteiger partial charge in [0.2, 0.25) is 0 Å². The summed E-state index contributed by atoms with van der Waals surface area (Å²) in [5, 5.41) is 4.40. The second-order valence-electron chi connectivity index (χ2n) is 4.94. The standard InChI is InChI=1S/C16H20BrFN2S/c1-3-5-14-15(10-19-8-4-2)21-16(20-14)11-6-7-13(18)12(17)9-11/h6-7,9,19H,3-5,8,10H2,1-2H3. The number of thiazole rings is 1. The van der Waals surface area contributed by atoms with Gasteiger partial charge in [-0.2, -0.15) is 0 Å². The van der Waals surface area contributed by atoms with Crippen molar-refractivity contribution in [3.63, 3.8) is 0 Å². The van der Waals surface area contributed by atoms with Crippen LogP contribution in [0.5, 0.6) is 0 Å². The van der Waals surface area contributed by atoms with Crippen molar-refractivity contribution in [2.75, 3.05) is 6.54 Å². The van der Waals surface area contributed by atoms with Crippen LogP contribution in [-0.2, 0) is 13.0 Å². The Kier molecular flexibility index (Phi) is 6.33. The number of aryl methyl sites for hydroxylation is 1. The van der Waals surface area contributed by atoms with E-state index in [4.69, 9.17) is 4.98 Å². The molecule has 0 spiro atoms. The SMILES string of the molecule is CCCNCc1sc(-c2ccc(F)c(Br)c2)nc1CCC. The van der Waals surface area contributed by atoms with Gasteiger partial charge in [0.15, 0.2) is 0 Å². The van der Waals surface area contributed by atoms with Gasteiger partial charge in [-0.25, -0.2) is 9.37 Å². The van der Waals surface area contributed by atoms with Gasteiger partial charge in [-0.15, -0.1) is 11.3 Å². The fourth-order valence-electron chi connectivity index (χ4n) is 2.08. The minimum Gasteiger partial charge on any atom is -0.312 e. The zero-order valence-electron chi connectivity index (χ0n) is 12.4. The number of aromatic nitrogens is 1. The molecule has 0 aliphatic carbocycles. The molecular weight excluding hydrogens is 351 g/mol. The van der Waals surface area contributed by atoms with Crippen molar-refractivity contribution in [3.8, 4) is 10.6 Å². The zero-order chi connectivity index (χ0) is 15.2. The van der Waals surface area contributed by atoms with Crippen LogP contribution < -0.4 is 5.32 Å². The smallest absolute Gasteiger partial charge is 0.137 e. The monoisotopic (exact) mass is 370 g/mol. The van der Waals surface area contributed by atoms with Crippen LogP contribution in [0.15, 0.2) is 22.7 Å². The van der Waals surface area contributed by atoms with Gasteiger partial charge in [0.05, 0.1) is 10.2 Å². The molecule has 2 nitrogen and oxygen atoms in total.